The molecule has 3 rings (SSSR count). The van der Waals surface area contributed by atoms with Crippen molar-refractivity contribution in [2.24, 2.45) is 0 Å². The lowest BCUT2D eigenvalue weighted by molar-refractivity contribution is 0.0695. The van der Waals surface area contributed by atoms with E-state index in [1.807, 2.05) is 0 Å². The van der Waals surface area contributed by atoms with Crippen molar-refractivity contribution in [3.8, 4) is 11.3 Å². The van der Waals surface area contributed by atoms with Gasteiger partial charge in [-0.15, -0.1) is 0 Å². The number of hydrogen-bond acceptors (Lipinski definition) is 3. The van der Waals surface area contributed by atoms with Crippen LogP contribution in [-0.4, -0.2) is 32.3 Å². The van der Waals surface area contributed by atoms with Crippen molar-refractivity contribution in [1.82, 2.24) is 10.2 Å². The van der Waals surface area contributed by atoms with E-state index in [0.29, 0.717) is 11.3 Å². The van der Waals surface area contributed by atoms with Gasteiger partial charge in [-0.2, -0.15) is 5.10 Å². The van der Waals surface area contributed by atoms with Gasteiger partial charge in [-0.1, -0.05) is 6.07 Å². The molecule has 0 bridgehead atoms. The molecule has 0 spiro atoms. The van der Waals surface area contributed by atoms with Crippen LogP contribution in [0.3, 0.4) is 0 Å². The Morgan fingerprint density at radius 1 is 1.04 bits per heavy atom. The van der Waals surface area contributed by atoms with Crippen LogP contribution in [0.1, 0.15) is 37.4 Å². The van der Waals surface area contributed by atoms with Crippen molar-refractivity contribution in [1.29, 1.82) is 0 Å². The van der Waals surface area contributed by atoms with Gasteiger partial charge in [0, 0.05) is 17.5 Å². The van der Waals surface area contributed by atoms with Crippen molar-refractivity contribution in [3.63, 3.8) is 0 Å². The molecule has 0 aliphatic carbocycles. The maximum Gasteiger partial charge on any atom is 0.336 e. The number of nitrogens with zero attached hydrogens (tertiary/aromatic N) is 1. The minimum Gasteiger partial charge on any atom is -0.478 e. The van der Waals surface area contributed by atoms with E-state index in [-0.39, 0.29) is 28.9 Å². The Labute approximate surface area is 147 Å². The average molecular weight is 354 g/mol. The summed E-state index contributed by atoms with van der Waals surface area (Å²) in [6.45, 7) is 1.48. The minimum absolute atomic E-state index is 0.0313. The first-order chi connectivity index (χ1) is 12.4. The fourth-order valence-corrected chi connectivity index (χ4v) is 2.96. The van der Waals surface area contributed by atoms with E-state index >= 15 is 0 Å². The van der Waals surface area contributed by atoms with Crippen LogP contribution in [0.2, 0.25) is 0 Å². The Morgan fingerprint density at radius 3 is 2.35 bits per heavy atom. The maximum atomic E-state index is 13.1. The van der Waals surface area contributed by atoms with Crippen molar-refractivity contribution in [2.45, 2.75) is 13.3 Å². The summed E-state index contributed by atoms with van der Waals surface area (Å²) in [5.74, 6) is -2.72. The van der Waals surface area contributed by atoms with E-state index in [9.17, 15) is 24.2 Å². The summed E-state index contributed by atoms with van der Waals surface area (Å²) in [6.07, 6.45) is 1.82. The van der Waals surface area contributed by atoms with Gasteiger partial charge in [-0.05, 0) is 48.4 Å². The van der Waals surface area contributed by atoms with Crippen LogP contribution in [0.15, 0.2) is 42.6 Å². The molecule has 6 nitrogen and oxygen atoms in total. The highest BCUT2D eigenvalue weighted by Gasteiger charge is 2.20. The Hall–Kier alpha value is -3.48. The van der Waals surface area contributed by atoms with Crippen LogP contribution < -0.4 is 0 Å². The molecular formula is C19H15FN2O4. The van der Waals surface area contributed by atoms with Crippen molar-refractivity contribution in [2.75, 3.05) is 0 Å². The second-order valence-corrected chi connectivity index (χ2v) is 5.84. The minimum atomic E-state index is -1.19. The summed E-state index contributed by atoms with van der Waals surface area (Å²) >= 11 is 0. The summed E-state index contributed by atoms with van der Waals surface area (Å²) in [4.78, 5) is 22.9. The molecule has 0 fully saturated rings. The van der Waals surface area contributed by atoms with Crippen molar-refractivity contribution < 1.29 is 24.2 Å². The monoisotopic (exact) mass is 354 g/mol. The molecular weight excluding hydrogens is 339 g/mol. The highest BCUT2D eigenvalue weighted by atomic mass is 19.1. The molecule has 0 aliphatic heterocycles. The predicted octanol–water partition coefficient (Wildman–Crippen LogP) is 3.51. The lowest BCUT2D eigenvalue weighted by Gasteiger charge is -2.12. The lowest BCUT2D eigenvalue weighted by atomic mass is 9.92. The fourth-order valence-electron chi connectivity index (χ4n) is 2.96. The normalized spacial score (nSPS) is 10.7. The topological polar surface area (TPSA) is 103 Å². The zero-order valence-electron chi connectivity index (χ0n) is 13.8. The highest BCUT2D eigenvalue weighted by molar-refractivity contribution is 5.97. The molecule has 0 unspecified atom stereocenters. The quantitative estimate of drug-likeness (QED) is 0.650. The number of carbonyl (C=O) groups is 2. The van der Waals surface area contributed by atoms with Crippen LogP contribution >= 0.6 is 0 Å². The van der Waals surface area contributed by atoms with Gasteiger partial charge in [0.2, 0.25) is 0 Å². The maximum absolute atomic E-state index is 13.1. The van der Waals surface area contributed by atoms with E-state index in [2.05, 4.69) is 10.2 Å². The first-order valence-corrected chi connectivity index (χ1v) is 7.75. The second-order valence-electron chi connectivity index (χ2n) is 5.84. The van der Waals surface area contributed by atoms with Gasteiger partial charge in [0.1, 0.15) is 5.82 Å². The summed E-state index contributed by atoms with van der Waals surface area (Å²) in [7, 11) is 0. The van der Waals surface area contributed by atoms with Crippen LogP contribution in [0, 0.1) is 12.7 Å². The van der Waals surface area contributed by atoms with Gasteiger partial charge in [0.25, 0.3) is 0 Å². The number of rotatable bonds is 5. The van der Waals surface area contributed by atoms with Crippen molar-refractivity contribution in [3.05, 3.63) is 76.2 Å². The molecule has 3 aromatic rings. The number of benzene rings is 2. The Balaban J connectivity index is 2.04. The molecule has 26 heavy (non-hydrogen) atoms. The van der Waals surface area contributed by atoms with E-state index in [4.69, 9.17) is 0 Å². The third-order valence-electron chi connectivity index (χ3n) is 4.23. The molecule has 0 saturated heterocycles. The molecule has 132 valence electrons. The zero-order valence-corrected chi connectivity index (χ0v) is 13.8. The van der Waals surface area contributed by atoms with E-state index < -0.39 is 11.9 Å². The average Bonchev–Trinajstić information content (AvgIpc) is 3.03. The standard InChI is InChI=1S/C19H15FN2O4/c1-10-15(18(23)24)7-4-12(16(10)19(25)26)8-13-9-21-22-17(13)11-2-5-14(20)6-3-11/h2-7,9H,8H2,1H3,(H,21,22)(H,23,24)(H,25,26). The molecule has 0 saturated carbocycles. The zero-order chi connectivity index (χ0) is 18.8. The highest BCUT2D eigenvalue weighted by Crippen LogP contribution is 2.27. The van der Waals surface area contributed by atoms with Crippen LogP contribution in [0.25, 0.3) is 11.3 Å². The first-order valence-electron chi connectivity index (χ1n) is 7.75. The van der Waals surface area contributed by atoms with E-state index in [1.165, 1.54) is 31.2 Å². The number of aromatic carboxylic acids is 2. The molecule has 1 heterocycles. The second kappa shape index (κ2) is 6.79. The Morgan fingerprint density at radius 2 is 1.73 bits per heavy atom. The number of H-pyrrole nitrogens is 1. The molecule has 0 aliphatic rings. The van der Waals surface area contributed by atoms with Gasteiger partial charge in [-0.25, -0.2) is 14.0 Å². The predicted molar refractivity (Wildman–Crippen MR) is 91.9 cm³/mol. The number of aromatic amines is 1. The molecule has 2 aromatic carbocycles. The summed E-state index contributed by atoms with van der Waals surface area (Å²) in [5.41, 5.74) is 2.70. The largest absolute Gasteiger partial charge is 0.478 e. The third kappa shape index (κ3) is 3.19. The number of halogens is 1. The van der Waals surface area contributed by atoms with E-state index in [0.717, 1.165) is 11.1 Å². The van der Waals surface area contributed by atoms with E-state index in [1.54, 1.807) is 18.3 Å². The number of carboxylic acids is 2. The first kappa shape index (κ1) is 17.3. The van der Waals surface area contributed by atoms with Crippen LogP contribution in [-0.2, 0) is 6.42 Å². The molecule has 0 radical (unpaired) electrons. The number of hydrogen-bond donors (Lipinski definition) is 3. The lowest BCUT2D eigenvalue weighted by Crippen LogP contribution is -2.11. The molecule has 0 atom stereocenters. The summed E-state index contributed by atoms with van der Waals surface area (Å²) in [6, 6.07) is 8.76. The number of carboxylic acid groups (broad SMARTS) is 2. The fraction of sp³-hybridized carbons (Fsp3) is 0.105. The Kier molecular flexibility index (Phi) is 4.53. The van der Waals surface area contributed by atoms with Crippen LogP contribution in [0.5, 0.6) is 0 Å². The van der Waals surface area contributed by atoms with Gasteiger partial charge < -0.3 is 10.2 Å². The summed E-state index contributed by atoms with van der Waals surface area (Å²) in [5, 5.41) is 25.6. The van der Waals surface area contributed by atoms with Gasteiger partial charge in [0.05, 0.1) is 23.0 Å². The molecule has 7 heteroatoms. The Bertz CT molecular complexity index is 993. The molecule has 1 aromatic heterocycles. The SMILES string of the molecule is Cc1c(C(=O)O)ccc(Cc2cn[nH]c2-c2ccc(F)cc2)c1C(=O)O. The third-order valence-corrected chi connectivity index (χ3v) is 4.23. The van der Waals surface area contributed by atoms with Gasteiger partial charge in [0.15, 0.2) is 0 Å². The smallest absolute Gasteiger partial charge is 0.336 e. The number of aromatic nitrogens is 2. The summed E-state index contributed by atoms with van der Waals surface area (Å²) < 4.78 is 13.1. The van der Waals surface area contributed by atoms with Crippen molar-refractivity contribution >= 4 is 11.9 Å². The van der Waals surface area contributed by atoms with Gasteiger partial charge in [-0.3, -0.25) is 5.10 Å². The van der Waals surface area contributed by atoms with Crippen LogP contribution in [0.4, 0.5) is 4.39 Å². The molecule has 3 N–H and O–H groups in total. The van der Waals surface area contributed by atoms with Gasteiger partial charge >= 0.3 is 11.9 Å². The molecule has 0 amide bonds. The number of nitrogens with one attached hydrogen (secondary N) is 1.